The quantitative estimate of drug-likeness (QED) is 0.615. The zero-order chi connectivity index (χ0) is 18.0. The maximum Gasteiger partial charge on any atom is 0.128 e. The summed E-state index contributed by atoms with van der Waals surface area (Å²) in [4.78, 5) is 1.99. The molecule has 0 saturated heterocycles. The van der Waals surface area contributed by atoms with Crippen molar-refractivity contribution in [2.45, 2.75) is 52.9 Å². The highest BCUT2D eigenvalue weighted by Crippen LogP contribution is 2.25. The summed E-state index contributed by atoms with van der Waals surface area (Å²) < 4.78 is 0. The van der Waals surface area contributed by atoms with Crippen LogP contribution in [-0.2, 0) is 19.3 Å². The van der Waals surface area contributed by atoms with Crippen LogP contribution in [-0.4, -0.2) is 24.3 Å². The monoisotopic (exact) mass is 334 g/mol. The molecule has 0 amide bonds. The minimum atomic E-state index is 0.614. The molecule has 0 radical (unpaired) electrons. The predicted octanol–water partition coefficient (Wildman–Crippen LogP) is 5.05. The van der Waals surface area contributed by atoms with Crippen molar-refractivity contribution >= 4 is 5.84 Å². The van der Waals surface area contributed by atoms with Crippen LogP contribution in [0.3, 0.4) is 0 Å². The van der Waals surface area contributed by atoms with Gasteiger partial charge in [0.1, 0.15) is 5.84 Å². The first kappa shape index (κ1) is 17.7. The molecule has 0 fully saturated rings. The van der Waals surface area contributed by atoms with E-state index in [2.05, 4.69) is 51.1 Å². The lowest BCUT2D eigenvalue weighted by Gasteiger charge is -2.21. The molecule has 0 unspecified atom stereocenters. The maximum atomic E-state index is 8.40. The van der Waals surface area contributed by atoms with Crippen molar-refractivity contribution in [3.8, 4) is 0 Å². The minimum Gasteiger partial charge on any atom is -0.360 e. The van der Waals surface area contributed by atoms with Gasteiger partial charge in [0.2, 0.25) is 0 Å². The summed E-state index contributed by atoms with van der Waals surface area (Å²) in [6.45, 7) is 7.24. The molecule has 132 valence electrons. The Bertz CT molecular complexity index is 789. The Hall–Kier alpha value is -2.09. The molecule has 0 saturated carbocycles. The third kappa shape index (κ3) is 3.78. The van der Waals surface area contributed by atoms with E-state index in [9.17, 15) is 0 Å². The molecule has 0 aromatic heterocycles. The van der Waals surface area contributed by atoms with Gasteiger partial charge in [-0.2, -0.15) is 0 Å². The third-order valence-corrected chi connectivity index (χ3v) is 5.60. The van der Waals surface area contributed by atoms with Gasteiger partial charge in [0, 0.05) is 19.2 Å². The molecule has 1 aliphatic carbocycles. The van der Waals surface area contributed by atoms with E-state index in [1.165, 1.54) is 47.9 Å². The first-order chi connectivity index (χ1) is 12.0. The fourth-order valence-corrected chi connectivity index (χ4v) is 3.80. The largest absolute Gasteiger partial charge is 0.360 e. The Morgan fingerprint density at radius 1 is 1.00 bits per heavy atom. The SMILES string of the molecule is CCN(C)C(=N)c1cc(C)c(Cc2ccc3c(c2)CCCC3)cc1C. The number of nitrogens with one attached hydrogen (secondary N) is 1. The number of nitrogens with zero attached hydrogens (tertiary/aromatic N) is 1. The Kier molecular flexibility index (Phi) is 5.27. The molecule has 0 aliphatic heterocycles. The number of benzene rings is 2. The van der Waals surface area contributed by atoms with Crippen LogP contribution in [0.4, 0.5) is 0 Å². The number of aryl methyl sites for hydroxylation is 4. The van der Waals surface area contributed by atoms with E-state index in [0.717, 1.165) is 18.5 Å². The first-order valence-corrected chi connectivity index (χ1v) is 9.50. The summed E-state index contributed by atoms with van der Waals surface area (Å²) in [6, 6.07) is 11.5. The van der Waals surface area contributed by atoms with Crippen LogP contribution in [0, 0.1) is 19.3 Å². The lowest BCUT2D eigenvalue weighted by molar-refractivity contribution is 0.532. The van der Waals surface area contributed by atoms with Crippen molar-refractivity contribution in [1.82, 2.24) is 4.90 Å². The van der Waals surface area contributed by atoms with Gasteiger partial charge in [-0.05, 0) is 92.3 Å². The van der Waals surface area contributed by atoms with E-state index in [-0.39, 0.29) is 0 Å². The van der Waals surface area contributed by atoms with Crippen molar-refractivity contribution in [3.05, 3.63) is 69.3 Å². The van der Waals surface area contributed by atoms with Crippen molar-refractivity contribution < 1.29 is 0 Å². The zero-order valence-electron chi connectivity index (χ0n) is 16.1. The molecule has 0 heterocycles. The topological polar surface area (TPSA) is 27.1 Å². The summed E-state index contributed by atoms with van der Waals surface area (Å²) in [5.41, 5.74) is 9.43. The van der Waals surface area contributed by atoms with Crippen LogP contribution in [0.15, 0.2) is 30.3 Å². The molecule has 0 spiro atoms. The van der Waals surface area contributed by atoms with E-state index < -0.39 is 0 Å². The lowest BCUT2D eigenvalue weighted by atomic mass is 9.88. The van der Waals surface area contributed by atoms with Gasteiger partial charge in [-0.1, -0.05) is 24.3 Å². The molecule has 25 heavy (non-hydrogen) atoms. The minimum absolute atomic E-state index is 0.614. The van der Waals surface area contributed by atoms with Crippen molar-refractivity contribution in [3.63, 3.8) is 0 Å². The van der Waals surface area contributed by atoms with E-state index in [1.54, 1.807) is 11.1 Å². The summed E-state index contributed by atoms with van der Waals surface area (Å²) in [7, 11) is 1.98. The Labute approximate surface area is 152 Å². The average molecular weight is 335 g/mol. The molecule has 2 nitrogen and oxygen atoms in total. The van der Waals surface area contributed by atoms with Crippen molar-refractivity contribution in [2.24, 2.45) is 0 Å². The van der Waals surface area contributed by atoms with E-state index in [1.807, 2.05) is 11.9 Å². The number of rotatable bonds is 4. The van der Waals surface area contributed by atoms with Gasteiger partial charge in [-0.25, -0.2) is 0 Å². The van der Waals surface area contributed by atoms with Gasteiger partial charge in [0.05, 0.1) is 0 Å². The Morgan fingerprint density at radius 3 is 2.44 bits per heavy atom. The molecular weight excluding hydrogens is 304 g/mol. The first-order valence-electron chi connectivity index (χ1n) is 9.50. The summed E-state index contributed by atoms with van der Waals surface area (Å²) in [5.74, 6) is 0.614. The van der Waals surface area contributed by atoms with Crippen molar-refractivity contribution in [2.75, 3.05) is 13.6 Å². The third-order valence-electron chi connectivity index (χ3n) is 5.60. The Balaban J connectivity index is 1.86. The second-order valence-electron chi connectivity index (χ2n) is 7.44. The lowest BCUT2D eigenvalue weighted by Crippen LogP contribution is -2.27. The number of fused-ring (bicyclic) bond motifs is 1. The van der Waals surface area contributed by atoms with Gasteiger partial charge in [0.25, 0.3) is 0 Å². The van der Waals surface area contributed by atoms with Crippen LogP contribution >= 0.6 is 0 Å². The van der Waals surface area contributed by atoms with Crippen LogP contribution < -0.4 is 0 Å². The predicted molar refractivity (Wildman–Crippen MR) is 107 cm³/mol. The molecule has 1 aliphatic rings. The van der Waals surface area contributed by atoms with Gasteiger partial charge < -0.3 is 4.90 Å². The second kappa shape index (κ2) is 7.43. The van der Waals surface area contributed by atoms with E-state index in [4.69, 9.17) is 5.41 Å². The maximum absolute atomic E-state index is 8.40. The summed E-state index contributed by atoms with van der Waals surface area (Å²) >= 11 is 0. The summed E-state index contributed by atoms with van der Waals surface area (Å²) in [5, 5.41) is 8.40. The number of amidine groups is 1. The van der Waals surface area contributed by atoms with Gasteiger partial charge in [0.15, 0.2) is 0 Å². The fraction of sp³-hybridized carbons (Fsp3) is 0.435. The molecule has 2 aromatic rings. The zero-order valence-corrected chi connectivity index (χ0v) is 16.1. The highest BCUT2D eigenvalue weighted by molar-refractivity contribution is 5.97. The molecule has 2 aromatic carbocycles. The smallest absolute Gasteiger partial charge is 0.128 e. The van der Waals surface area contributed by atoms with Gasteiger partial charge in [-0.15, -0.1) is 0 Å². The van der Waals surface area contributed by atoms with E-state index >= 15 is 0 Å². The second-order valence-corrected chi connectivity index (χ2v) is 7.44. The van der Waals surface area contributed by atoms with Crippen LogP contribution in [0.2, 0.25) is 0 Å². The number of hydrogen-bond acceptors (Lipinski definition) is 1. The number of hydrogen-bond donors (Lipinski definition) is 1. The standard InChI is InChI=1S/C23H30N2/c1-5-25(4)23(24)22-13-16(2)21(12-17(22)3)15-18-10-11-19-8-6-7-9-20(19)14-18/h10-14,24H,5-9,15H2,1-4H3. The fourth-order valence-electron chi connectivity index (χ4n) is 3.80. The van der Waals surface area contributed by atoms with Crippen molar-refractivity contribution in [1.29, 1.82) is 5.41 Å². The van der Waals surface area contributed by atoms with Crippen LogP contribution in [0.5, 0.6) is 0 Å². The van der Waals surface area contributed by atoms with Gasteiger partial charge in [-0.3, -0.25) is 5.41 Å². The molecule has 2 heteroatoms. The molecule has 0 atom stereocenters. The molecule has 0 bridgehead atoms. The molecule has 1 N–H and O–H groups in total. The van der Waals surface area contributed by atoms with E-state index in [0.29, 0.717) is 5.84 Å². The molecular formula is C23H30N2. The van der Waals surface area contributed by atoms with Crippen LogP contribution in [0.25, 0.3) is 0 Å². The highest BCUT2D eigenvalue weighted by atomic mass is 15.1. The Morgan fingerprint density at radius 2 is 1.72 bits per heavy atom. The summed E-state index contributed by atoms with van der Waals surface area (Å²) in [6.07, 6.45) is 6.13. The normalized spacial score (nSPS) is 13.4. The average Bonchev–Trinajstić information content (AvgIpc) is 2.63. The van der Waals surface area contributed by atoms with Crippen LogP contribution in [0.1, 0.15) is 58.7 Å². The highest BCUT2D eigenvalue weighted by Gasteiger charge is 2.13. The van der Waals surface area contributed by atoms with Gasteiger partial charge >= 0.3 is 0 Å². The molecule has 3 rings (SSSR count).